The van der Waals surface area contributed by atoms with E-state index in [0.29, 0.717) is 34.6 Å². The standard InChI is InChI=1S/C18H19Cl2N3O3S/c19-14-5-6-16(15(20)9-14)26-8-2-4-17(24)22-23-18(25)12-27-11-13-3-1-7-21-10-13/h1,3,5-7,9-10H,2,4,8,11-12H2,(H,22,24)(H,23,25). The predicted molar refractivity (Wildman–Crippen MR) is 108 cm³/mol. The van der Waals surface area contributed by atoms with E-state index in [2.05, 4.69) is 15.8 Å². The fourth-order valence-electron chi connectivity index (χ4n) is 1.99. The van der Waals surface area contributed by atoms with E-state index in [-0.39, 0.29) is 24.0 Å². The smallest absolute Gasteiger partial charge is 0.248 e. The van der Waals surface area contributed by atoms with Crippen LogP contribution in [0.2, 0.25) is 10.0 Å². The SMILES string of the molecule is O=C(CCCOc1ccc(Cl)cc1Cl)NNC(=O)CSCc1cccnc1. The lowest BCUT2D eigenvalue weighted by atomic mass is 10.3. The molecule has 1 aromatic carbocycles. The van der Waals surface area contributed by atoms with Gasteiger partial charge >= 0.3 is 0 Å². The molecule has 0 aliphatic carbocycles. The van der Waals surface area contributed by atoms with Gasteiger partial charge in [0.2, 0.25) is 11.8 Å². The van der Waals surface area contributed by atoms with E-state index in [1.165, 1.54) is 11.8 Å². The molecule has 144 valence electrons. The van der Waals surface area contributed by atoms with Gasteiger partial charge in [-0.15, -0.1) is 11.8 Å². The molecule has 0 saturated carbocycles. The largest absolute Gasteiger partial charge is 0.492 e. The Morgan fingerprint density at radius 2 is 1.96 bits per heavy atom. The third-order valence-corrected chi connectivity index (χ3v) is 4.80. The summed E-state index contributed by atoms with van der Waals surface area (Å²) >= 11 is 13.2. The average molecular weight is 428 g/mol. The van der Waals surface area contributed by atoms with Gasteiger partial charge in [0.25, 0.3) is 0 Å². The summed E-state index contributed by atoms with van der Waals surface area (Å²) in [6, 6.07) is 8.73. The molecule has 0 saturated heterocycles. The number of halogens is 2. The van der Waals surface area contributed by atoms with Crippen molar-refractivity contribution in [3.8, 4) is 5.75 Å². The van der Waals surface area contributed by atoms with Crippen LogP contribution in [-0.2, 0) is 15.3 Å². The van der Waals surface area contributed by atoms with Gasteiger partial charge in [0, 0.05) is 29.6 Å². The van der Waals surface area contributed by atoms with Gasteiger partial charge in [0.15, 0.2) is 0 Å². The van der Waals surface area contributed by atoms with Crippen molar-refractivity contribution in [3.05, 3.63) is 58.3 Å². The molecule has 2 N–H and O–H groups in total. The van der Waals surface area contributed by atoms with Crippen LogP contribution in [0.4, 0.5) is 0 Å². The molecule has 2 aromatic rings. The number of nitrogens with zero attached hydrogens (tertiary/aromatic N) is 1. The van der Waals surface area contributed by atoms with Crippen LogP contribution < -0.4 is 15.6 Å². The summed E-state index contributed by atoms with van der Waals surface area (Å²) < 4.78 is 5.50. The summed E-state index contributed by atoms with van der Waals surface area (Å²) in [4.78, 5) is 27.4. The molecule has 0 unspecified atom stereocenters. The molecule has 27 heavy (non-hydrogen) atoms. The van der Waals surface area contributed by atoms with Gasteiger partial charge in [-0.1, -0.05) is 29.3 Å². The van der Waals surface area contributed by atoms with E-state index >= 15 is 0 Å². The number of hydrazine groups is 1. The second-order valence-corrected chi connectivity index (χ2v) is 7.31. The van der Waals surface area contributed by atoms with Gasteiger partial charge in [-0.05, 0) is 36.2 Å². The zero-order chi connectivity index (χ0) is 19.5. The lowest BCUT2D eigenvalue weighted by Crippen LogP contribution is -2.42. The molecule has 0 bridgehead atoms. The lowest BCUT2D eigenvalue weighted by Gasteiger charge is -2.09. The first kappa shape index (κ1) is 21.3. The minimum Gasteiger partial charge on any atom is -0.492 e. The maximum absolute atomic E-state index is 11.7. The highest BCUT2D eigenvalue weighted by Crippen LogP contribution is 2.27. The quantitative estimate of drug-likeness (QED) is 0.471. The number of hydrogen-bond donors (Lipinski definition) is 2. The highest BCUT2D eigenvalue weighted by Gasteiger charge is 2.06. The number of aromatic nitrogens is 1. The Morgan fingerprint density at radius 3 is 2.70 bits per heavy atom. The Labute approximate surface area is 171 Å². The topological polar surface area (TPSA) is 80.3 Å². The van der Waals surface area contributed by atoms with E-state index in [1.807, 2.05) is 12.1 Å². The zero-order valence-corrected chi connectivity index (χ0v) is 16.7. The summed E-state index contributed by atoms with van der Waals surface area (Å²) in [5, 5.41) is 0.948. The second kappa shape index (κ2) is 11.7. The van der Waals surface area contributed by atoms with Crippen LogP contribution in [0.5, 0.6) is 5.75 Å². The molecule has 0 fully saturated rings. The Hall–Kier alpha value is -1.96. The van der Waals surface area contributed by atoms with Crippen LogP contribution in [0.15, 0.2) is 42.7 Å². The fraction of sp³-hybridized carbons (Fsp3) is 0.278. The lowest BCUT2D eigenvalue weighted by molar-refractivity contribution is -0.127. The van der Waals surface area contributed by atoms with Crippen LogP contribution in [0, 0.1) is 0 Å². The van der Waals surface area contributed by atoms with Crippen LogP contribution >= 0.6 is 35.0 Å². The molecule has 2 rings (SSSR count). The molecule has 0 aliphatic rings. The third-order valence-electron chi connectivity index (χ3n) is 3.27. The van der Waals surface area contributed by atoms with Gasteiger partial charge in [-0.3, -0.25) is 25.4 Å². The Kier molecular flexibility index (Phi) is 9.24. The van der Waals surface area contributed by atoms with Gasteiger partial charge in [0.05, 0.1) is 17.4 Å². The highest BCUT2D eigenvalue weighted by atomic mass is 35.5. The van der Waals surface area contributed by atoms with Crippen molar-refractivity contribution in [2.45, 2.75) is 18.6 Å². The Bertz CT molecular complexity index is 763. The van der Waals surface area contributed by atoms with E-state index in [9.17, 15) is 9.59 Å². The summed E-state index contributed by atoms with van der Waals surface area (Å²) in [6.45, 7) is 0.323. The molecule has 2 amide bonds. The van der Waals surface area contributed by atoms with Crippen molar-refractivity contribution >= 4 is 46.8 Å². The second-order valence-electron chi connectivity index (χ2n) is 5.48. The van der Waals surface area contributed by atoms with Crippen LogP contribution in [0.1, 0.15) is 18.4 Å². The summed E-state index contributed by atoms with van der Waals surface area (Å²) in [7, 11) is 0. The van der Waals surface area contributed by atoms with Gasteiger partial charge in [0.1, 0.15) is 5.75 Å². The first-order chi connectivity index (χ1) is 13.0. The van der Waals surface area contributed by atoms with Crippen LogP contribution in [0.3, 0.4) is 0 Å². The number of carbonyl (C=O) groups excluding carboxylic acids is 2. The van der Waals surface area contributed by atoms with E-state index in [4.69, 9.17) is 27.9 Å². The van der Waals surface area contributed by atoms with Crippen molar-refractivity contribution in [1.29, 1.82) is 0 Å². The highest BCUT2D eigenvalue weighted by molar-refractivity contribution is 7.99. The minimum absolute atomic E-state index is 0.217. The molecule has 0 atom stereocenters. The summed E-state index contributed by atoms with van der Waals surface area (Å²) in [5.74, 6) is 0.890. The maximum atomic E-state index is 11.7. The normalized spacial score (nSPS) is 10.3. The molecule has 1 aromatic heterocycles. The third kappa shape index (κ3) is 8.51. The Morgan fingerprint density at radius 1 is 1.15 bits per heavy atom. The zero-order valence-electron chi connectivity index (χ0n) is 14.4. The Balaban J connectivity index is 1.54. The maximum Gasteiger partial charge on any atom is 0.248 e. The molecule has 0 spiro atoms. The summed E-state index contributed by atoms with van der Waals surface area (Å²) in [5.41, 5.74) is 5.82. The number of hydrogen-bond acceptors (Lipinski definition) is 5. The minimum atomic E-state index is -0.286. The predicted octanol–water partition coefficient (Wildman–Crippen LogP) is 3.63. The van der Waals surface area contributed by atoms with Gasteiger partial charge < -0.3 is 4.74 Å². The molecular weight excluding hydrogens is 409 g/mol. The number of rotatable bonds is 9. The van der Waals surface area contributed by atoms with E-state index < -0.39 is 0 Å². The molecule has 1 heterocycles. The number of nitrogens with one attached hydrogen (secondary N) is 2. The van der Waals surface area contributed by atoms with Crippen molar-refractivity contribution in [2.75, 3.05) is 12.4 Å². The molecule has 0 radical (unpaired) electrons. The monoisotopic (exact) mass is 427 g/mol. The van der Waals surface area contributed by atoms with Gasteiger partial charge in [-0.2, -0.15) is 0 Å². The first-order valence-corrected chi connectivity index (χ1v) is 10.1. The fourth-order valence-corrected chi connectivity index (χ4v) is 3.22. The van der Waals surface area contributed by atoms with Crippen molar-refractivity contribution in [1.82, 2.24) is 15.8 Å². The summed E-state index contributed by atoms with van der Waals surface area (Å²) in [6.07, 6.45) is 4.15. The van der Waals surface area contributed by atoms with Crippen molar-refractivity contribution < 1.29 is 14.3 Å². The number of pyridine rings is 1. The van der Waals surface area contributed by atoms with E-state index in [0.717, 1.165) is 5.56 Å². The van der Waals surface area contributed by atoms with Crippen LogP contribution in [0.25, 0.3) is 0 Å². The van der Waals surface area contributed by atoms with Crippen LogP contribution in [-0.4, -0.2) is 29.2 Å². The molecule has 6 nitrogen and oxygen atoms in total. The van der Waals surface area contributed by atoms with Gasteiger partial charge in [-0.25, -0.2) is 0 Å². The average Bonchev–Trinajstić information content (AvgIpc) is 2.66. The first-order valence-electron chi connectivity index (χ1n) is 8.17. The number of benzene rings is 1. The van der Waals surface area contributed by atoms with Crippen molar-refractivity contribution in [2.24, 2.45) is 0 Å². The molecule has 0 aliphatic heterocycles. The number of amides is 2. The van der Waals surface area contributed by atoms with Crippen molar-refractivity contribution in [3.63, 3.8) is 0 Å². The van der Waals surface area contributed by atoms with E-state index in [1.54, 1.807) is 30.6 Å². The number of carbonyl (C=O) groups is 2. The number of ether oxygens (including phenoxy) is 1. The molecule has 9 heteroatoms. The molecular formula is C18H19Cl2N3O3S. The number of thioether (sulfide) groups is 1.